The van der Waals surface area contributed by atoms with E-state index in [-0.39, 0.29) is 0 Å². The van der Waals surface area contributed by atoms with E-state index in [4.69, 9.17) is 22.1 Å². The fourth-order valence-corrected chi connectivity index (χ4v) is 1.81. The van der Waals surface area contributed by atoms with Gasteiger partial charge in [-0.05, 0) is 34.5 Å². The Morgan fingerprint density at radius 2 is 2.29 bits per heavy atom. The second-order valence-corrected chi connectivity index (χ2v) is 4.58. The van der Waals surface area contributed by atoms with Gasteiger partial charge in [0.25, 0.3) is 0 Å². The number of carbonyl (C=O) groups excluding carboxylic acids is 1. The monoisotopic (exact) mass is 320 g/mol. The molecule has 0 aliphatic rings. The number of esters is 1. The summed E-state index contributed by atoms with van der Waals surface area (Å²) >= 11 is 8.91. The zero-order valence-corrected chi connectivity index (χ0v) is 11.8. The maximum absolute atomic E-state index is 11.6. The minimum atomic E-state index is -0.419. The third-order valence-corrected chi connectivity index (χ3v) is 3.17. The lowest BCUT2D eigenvalue weighted by Crippen LogP contribution is -2.12. The Morgan fingerprint density at radius 3 is 2.88 bits per heavy atom. The van der Waals surface area contributed by atoms with Gasteiger partial charge < -0.3 is 15.8 Å². The number of methoxy groups -OCH3 is 1. The van der Waals surface area contributed by atoms with Crippen molar-refractivity contribution in [2.75, 3.05) is 30.6 Å². The van der Waals surface area contributed by atoms with E-state index in [1.165, 1.54) is 7.11 Å². The molecule has 1 rings (SSSR count). The van der Waals surface area contributed by atoms with Crippen molar-refractivity contribution >= 4 is 44.9 Å². The molecule has 0 heterocycles. The van der Waals surface area contributed by atoms with E-state index >= 15 is 0 Å². The predicted molar refractivity (Wildman–Crippen MR) is 73.7 cm³/mol. The van der Waals surface area contributed by atoms with Gasteiger partial charge in [0, 0.05) is 16.9 Å². The molecule has 0 fully saturated rings. The van der Waals surface area contributed by atoms with E-state index in [1.807, 2.05) is 0 Å². The molecule has 0 bridgehead atoms. The van der Waals surface area contributed by atoms with Crippen molar-refractivity contribution in [3.05, 3.63) is 22.2 Å². The molecule has 0 amide bonds. The summed E-state index contributed by atoms with van der Waals surface area (Å²) in [5, 5.41) is 3.10. The average molecular weight is 322 g/mol. The maximum atomic E-state index is 11.6. The van der Waals surface area contributed by atoms with Crippen molar-refractivity contribution in [1.82, 2.24) is 0 Å². The molecule has 1 aromatic rings. The molecule has 1 aromatic carbocycles. The largest absolute Gasteiger partial charge is 0.465 e. The van der Waals surface area contributed by atoms with Gasteiger partial charge in [-0.1, -0.05) is 0 Å². The zero-order valence-electron chi connectivity index (χ0n) is 9.43. The second kappa shape index (κ2) is 6.71. The number of halogens is 2. The number of rotatable bonds is 5. The fraction of sp³-hybridized carbons (Fsp3) is 0.364. The number of alkyl halides is 1. The van der Waals surface area contributed by atoms with Crippen molar-refractivity contribution in [3.63, 3.8) is 0 Å². The highest BCUT2D eigenvalue weighted by atomic mass is 79.9. The van der Waals surface area contributed by atoms with Crippen molar-refractivity contribution < 1.29 is 9.53 Å². The van der Waals surface area contributed by atoms with Crippen molar-refractivity contribution in [1.29, 1.82) is 0 Å². The predicted octanol–water partition coefficient (Wildman–Crippen LogP) is 2.86. The first-order valence-corrected chi connectivity index (χ1v) is 6.40. The molecular formula is C11H14BrClN2O2. The van der Waals surface area contributed by atoms with Crippen LogP contribution in [0, 0.1) is 0 Å². The van der Waals surface area contributed by atoms with Crippen LogP contribution in [0.5, 0.6) is 0 Å². The first-order chi connectivity index (χ1) is 8.11. The molecule has 0 saturated carbocycles. The Labute approximate surface area is 114 Å². The minimum Gasteiger partial charge on any atom is -0.465 e. The van der Waals surface area contributed by atoms with Crippen LogP contribution in [-0.4, -0.2) is 25.5 Å². The molecule has 0 radical (unpaired) electrons. The quantitative estimate of drug-likeness (QED) is 0.379. The van der Waals surface area contributed by atoms with Crippen LogP contribution >= 0.6 is 27.5 Å². The number of hydrogen-bond donors (Lipinski definition) is 2. The van der Waals surface area contributed by atoms with Crippen LogP contribution in [0.3, 0.4) is 0 Å². The molecule has 0 aliphatic carbocycles. The number of carbonyl (C=O) groups is 1. The van der Waals surface area contributed by atoms with Gasteiger partial charge in [0.05, 0.1) is 24.0 Å². The minimum absolute atomic E-state index is 0.419. The van der Waals surface area contributed by atoms with E-state index < -0.39 is 5.97 Å². The van der Waals surface area contributed by atoms with Crippen molar-refractivity contribution in [2.45, 2.75) is 6.42 Å². The molecule has 17 heavy (non-hydrogen) atoms. The lowest BCUT2D eigenvalue weighted by Gasteiger charge is -2.14. The molecule has 94 valence electrons. The fourth-order valence-electron chi connectivity index (χ4n) is 1.34. The molecule has 0 atom stereocenters. The number of nitrogens with one attached hydrogen (secondary N) is 1. The Balaban J connectivity index is 3.03. The summed E-state index contributed by atoms with van der Waals surface area (Å²) in [6, 6.07) is 3.38. The smallest absolute Gasteiger partial charge is 0.340 e. The topological polar surface area (TPSA) is 64.3 Å². The van der Waals surface area contributed by atoms with E-state index in [0.717, 1.165) is 10.9 Å². The summed E-state index contributed by atoms with van der Waals surface area (Å²) < 4.78 is 5.44. The van der Waals surface area contributed by atoms with Crippen LogP contribution < -0.4 is 11.1 Å². The lowest BCUT2D eigenvalue weighted by molar-refractivity contribution is 0.0602. The average Bonchev–Trinajstić information content (AvgIpc) is 2.34. The number of hydrogen-bond acceptors (Lipinski definition) is 4. The van der Waals surface area contributed by atoms with Crippen LogP contribution in [-0.2, 0) is 4.74 Å². The van der Waals surface area contributed by atoms with Crippen LogP contribution in [0.15, 0.2) is 16.6 Å². The number of nitrogens with two attached hydrogens (primary N) is 1. The Kier molecular flexibility index (Phi) is 5.58. The molecule has 6 heteroatoms. The molecule has 0 aromatic heterocycles. The van der Waals surface area contributed by atoms with E-state index in [9.17, 15) is 4.79 Å². The summed E-state index contributed by atoms with van der Waals surface area (Å²) in [6.07, 6.45) is 0.786. The lowest BCUT2D eigenvalue weighted by atomic mass is 10.1. The zero-order chi connectivity index (χ0) is 12.8. The summed E-state index contributed by atoms with van der Waals surface area (Å²) in [4.78, 5) is 11.6. The van der Waals surface area contributed by atoms with E-state index in [1.54, 1.807) is 12.1 Å². The SMILES string of the molecule is COC(=O)c1ccc(Br)c(N)c1NCCCCl. The molecule has 3 N–H and O–H groups in total. The van der Waals surface area contributed by atoms with E-state index in [2.05, 4.69) is 21.2 Å². The maximum Gasteiger partial charge on any atom is 0.340 e. The molecule has 0 spiro atoms. The molecule has 0 aliphatic heterocycles. The van der Waals surface area contributed by atoms with Gasteiger partial charge in [0.2, 0.25) is 0 Å². The normalized spacial score (nSPS) is 10.1. The third-order valence-electron chi connectivity index (χ3n) is 2.21. The van der Waals surface area contributed by atoms with Gasteiger partial charge in [-0.25, -0.2) is 4.79 Å². The molecular weight excluding hydrogens is 307 g/mol. The van der Waals surface area contributed by atoms with Gasteiger partial charge in [-0.15, -0.1) is 11.6 Å². The van der Waals surface area contributed by atoms with Crippen LogP contribution in [0.2, 0.25) is 0 Å². The van der Waals surface area contributed by atoms with Crippen molar-refractivity contribution in [3.8, 4) is 0 Å². The van der Waals surface area contributed by atoms with E-state index in [0.29, 0.717) is 29.4 Å². The second-order valence-electron chi connectivity index (χ2n) is 3.34. The highest BCUT2D eigenvalue weighted by Crippen LogP contribution is 2.31. The number of ether oxygens (including phenoxy) is 1. The van der Waals surface area contributed by atoms with Crippen LogP contribution in [0.25, 0.3) is 0 Å². The summed E-state index contributed by atoms with van der Waals surface area (Å²) in [5.41, 5.74) is 7.40. The van der Waals surface area contributed by atoms with Gasteiger partial charge >= 0.3 is 5.97 Å². The van der Waals surface area contributed by atoms with Crippen molar-refractivity contribution in [2.24, 2.45) is 0 Å². The summed E-state index contributed by atoms with van der Waals surface area (Å²) in [5.74, 6) is 0.131. The van der Waals surface area contributed by atoms with Gasteiger partial charge in [-0.3, -0.25) is 0 Å². The Bertz CT molecular complexity index is 413. The van der Waals surface area contributed by atoms with Gasteiger partial charge in [0.1, 0.15) is 0 Å². The summed E-state index contributed by atoms with van der Waals surface area (Å²) in [7, 11) is 1.34. The third kappa shape index (κ3) is 3.51. The van der Waals surface area contributed by atoms with Gasteiger partial charge in [0.15, 0.2) is 0 Å². The standard InChI is InChI=1S/C11H14BrClN2O2/c1-17-11(16)7-3-4-8(12)9(14)10(7)15-6-2-5-13/h3-4,15H,2,5-6,14H2,1H3. The highest BCUT2D eigenvalue weighted by molar-refractivity contribution is 9.10. The summed E-state index contributed by atoms with van der Waals surface area (Å²) in [6.45, 7) is 0.647. The van der Waals surface area contributed by atoms with Crippen LogP contribution in [0.4, 0.5) is 11.4 Å². The molecule has 0 saturated heterocycles. The number of nitrogen functional groups attached to an aromatic ring is 1. The van der Waals surface area contributed by atoms with Crippen LogP contribution in [0.1, 0.15) is 16.8 Å². The molecule has 0 unspecified atom stereocenters. The molecule has 4 nitrogen and oxygen atoms in total. The Morgan fingerprint density at radius 1 is 1.59 bits per heavy atom. The van der Waals surface area contributed by atoms with Gasteiger partial charge in [-0.2, -0.15) is 0 Å². The highest BCUT2D eigenvalue weighted by Gasteiger charge is 2.15. The first-order valence-electron chi connectivity index (χ1n) is 5.08. The number of anilines is 2. The number of benzene rings is 1. The first kappa shape index (κ1) is 14.1. The Hall–Kier alpha value is -0.940.